The summed E-state index contributed by atoms with van der Waals surface area (Å²) in [4.78, 5) is 24.4. The van der Waals surface area contributed by atoms with Crippen LogP contribution in [0.4, 0.5) is 0 Å². The van der Waals surface area contributed by atoms with E-state index >= 15 is 0 Å². The van der Waals surface area contributed by atoms with E-state index in [1.54, 1.807) is 31.4 Å². The summed E-state index contributed by atoms with van der Waals surface area (Å²) in [6.45, 7) is 2.94. The summed E-state index contributed by atoms with van der Waals surface area (Å²) in [6, 6.07) is 6.64. The normalized spacial score (nSPS) is 10.2. The largest absolute Gasteiger partial charge is 0.491 e. The van der Waals surface area contributed by atoms with Gasteiger partial charge in [0.05, 0.1) is 6.61 Å². The van der Waals surface area contributed by atoms with E-state index < -0.39 is 5.97 Å². The molecule has 0 fully saturated rings. The second-order valence-corrected chi connectivity index (χ2v) is 4.49. The molecule has 0 aliphatic rings. The van der Waals surface area contributed by atoms with E-state index in [4.69, 9.17) is 14.6 Å². The van der Waals surface area contributed by atoms with E-state index in [-0.39, 0.29) is 12.5 Å². The van der Waals surface area contributed by atoms with Gasteiger partial charge in [0.1, 0.15) is 18.9 Å². The predicted molar refractivity (Wildman–Crippen MR) is 77.6 cm³/mol. The molecule has 6 heteroatoms. The summed E-state index contributed by atoms with van der Waals surface area (Å²) in [5.74, 6) is -0.664. The Morgan fingerprint density at radius 2 is 1.86 bits per heavy atom. The molecule has 0 atom stereocenters. The number of ether oxygens (including phenoxy) is 2. The lowest BCUT2D eigenvalue weighted by Gasteiger charge is -2.20. The minimum absolute atomic E-state index is 0.289. The van der Waals surface area contributed by atoms with Gasteiger partial charge in [0.2, 0.25) is 0 Å². The van der Waals surface area contributed by atoms with E-state index in [0.717, 1.165) is 0 Å². The number of carbonyl (C=O) groups is 2. The maximum atomic E-state index is 12.2. The zero-order valence-corrected chi connectivity index (χ0v) is 12.4. The first-order chi connectivity index (χ1) is 10.1. The fraction of sp³-hybridized carbons (Fsp3) is 0.467. The van der Waals surface area contributed by atoms with Crippen LogP contribution in [0.2, 0.25) is 0 Å². The third-order valence-electron chi connectivity index (χ3n) is 2.76. The van der Waals surface area contributed by atoms with Gasteiger partial charge in [-0.1, -0.05) is 6.92 Å². The van der Waals surface area contributed by atoms with Crippen LogP contribution >= 0.6 is 0 Å². The molecule has 1 N–H and O–H groups in total. The first-order valence-electron chi connectivity index (χ1n) is 6.81. The third-order valence-corrected chi connectivity index (χ3v) is 2.76. The Kier molecular flexibility index (Phi) is 7.25. The van der Waals surface area contributed by atoms with E-state index in [9.17, 15) is 9.59 Å². The van der Waals surface area contributed by atoms with Crippen LogP contribution in [0.1, 0.15) is 23.7 Å². The standard InChI is InChI=1S/C15H21NO5/c1-3-8-16(11-14(17)18)15(19)12-4-6-13(7-5-12)21-10-9-20-2/h4-7H,3,8-11H2,1-2H3,(H,17,18). The van der Waals surface area contributed by atoms with Crippen molar-refractivity contribution in [2.45, 2.75) is 13.3 Å². The minimum atomic E-state index is -1.02. The van der Waals surface area contributed by atoms with E-state index in [2.05, 4.69) is 0 Å². The molecule has 0 heterocycles. The SMILES string of the molecule is CCCN(CC(=O)O)C(=O)c1ccc(OCCOC)cc1. The molecule has 0 aliphatic carbocycles. The molecule has 116 valence electrons. The van der Waals surface area contributed by atoms with Gasteiger partial charge >= 0.3 is 5.97 Å². The number of aliphatic carboxylic acids is 1. The van der Waals surface area contributed by atoms with Crippen LogP contribution in [0.5, 0.6) is 5.75 Å². The van der Waals surface area contributed by atoms with Crippen LogP contribution in [0, 0.1) is 0 Å². The molecule has 0 spiro atoms. The molecule has 6 nitrogen and oxygen atoms in total. The summed E-state index contributed by atoms with van der Waals surface area (Å²) in [7, 11) is 1.59. The summed E-state index contributed by atoms with van der Waals surface area (Å²) in [5.41, 5.74) is 0.448. The molecule has 21 heavy (non-hydrogen) atoms. The molecule has 1 aromatic carbocycles. The Hall–Kier alpha value is -2.08. The summed E-state index contributed by atoms with van der Waals surface area (Å²) in [6.07, 6.45) is 0.706. The topological polar surface area (TPSA) is 76.1 Å². The molecule has 0 bridgehead atoms. The molecule has 1 amide bonds. The highest BCUT2D eigenvalue weighted by Gasteiger charge is 2.17. The van der Waals surface area contributed by atoms with Crippen molar-refractivity contribution >= 4 is 11.9 Å². The first kappa shape index (κ1) is 17.0. The number of carboxylic acid groups (broad SMARTS) is 1. The van der Waals surface area contributed by atoms with Crippen molar-refractivity contribution in [2.24, 2.45) is 0 Å². The lowest BCUT2D eigenvalue weighted by Crippen LogP contribution is -2.36. The maximum Gasteiger partial charge on any atom is 0.323 e. The van der Waals surface area contributed by atoms with E-state index in [0.29, 0.717) is 37.5 Å². The summed E-state index contributed by atoms with van der Waals surface area (Å²) in [5, 5.41) is 8.85. The molecule has 0 unspecified atom stereocenters. The first-order valence-corrected chi connectivity index (χ1v) is 6.81. The number of nitrogens with zero attached hydrogens (tertiary/aromatic N) is 1. The number of hydrogen-bond donors (Lipinski definition) is 1. The number of carboxylic acids is 1. The second-order valence-electron chi connectivity index (χ2n) is 4.49. The Balaban J connectivity index is 2.69. The van der Waals surface area contributed by atoms with Crippen LogP contribution in [-0.4, -0.2) is 55.3 Å². The smallest absolute Gasteiger partial charge is 0.323 e. The van der Waals surface area contributed by atoms with Crippen molar-refractivity contribution < 1.29 is 24.2 Å². The van der Waals surface area contributed by atoms with Crippen LogP contribution in [0.15, 0.2) is 24.3 Å². The third kappa shape index (κ3) is 5.83. The molecule has 0 radical (unpaired) electrons. The molecule has 0 aliphatic heterocycles. The van der Waals surface area contributed by atoms with Gasteiger partial charge < -0.3 is 19.5 Å². The average Bonchev–Trinajstić information content (AvgIpc) is 2.47. The quantitative estimate of drug-likeness (QED) is 0.701. The highest BCUT2D eigenvalue weighted by molar-refractivity contribution is 5.95. The highest BCUT2D eigenvalue weighted by atomic mass is 16.5. The van der Waals surface area contributed by atoms with Gasteiger partial charge in [0.15, 0.2) is 0 Å². The van der Waals surface area contributed by atoms with Gasteiger partial charge in [-0.05, 0) is 30.7 Å². The maximum absolute atomic E-state index is 12.2. The van der Waals surface area contributed by atoms with E-state index in [1.807, 2.05) is 6.92 Å². The molecule has 1 aromatic rings. The van der Waals surface area contributed by atoms with Crippen LogP contribution in [0.25, 0.3) is 0 Å². The molecular formula is C15H21NO5. The zero-order chi connectivity index (χ0) is 15.7. The van der Waals surface area contributed by atoms with Gasteiger partial charge in [0, 0.05) is 19.2 Å². The number of hydrogen-bond acceptors (Lipinski definition) is 4. The van der Waals surface area contributed by atoms with Gasteiger partial charge in [-0.3, -0.25) is 9.59 Å². The monoisotopic (exact) mass is 295 g/mol. The van der Waals surface area contributed by atoms with Crippen molar-refractivity contribution in [2.75, 3.05) is 33.4 Å². The molecule has 0 aromatic heterocycles. The van der Waals surface area contributed by atoms with Gasteiger partial charge in [-0.2, -0.15) is 0 Å². The van der Waals surface area contributed by atoms with Gasteiger partial charge in [-0.25, -0.2) is 0 Å². The van der Waals surface area contributed by atoms with Crippen molar-refractivity contribution in [3.8, 4) is 5.75 Å². The number of rotatable bonds is 9. The zero-order valence-electron chi connectivity index (χ0n) is 12.4. The van der Waals surface area contributed by atoms with Crippen LogP contribution in [0.3, 0.4) is 0 Å². The number of carbonyl (C=O) groups excluding carboxylic acids is 1. The van der Waals surface area contributed by atoms with Crippen LogP contribution in [-0.2, 0) is 9.53 Å². The Bertz CT molecular complexity index is 458. The fourth-order valence-electron chi connectivity index (χ4n) is 1.80. The average molecular weight is 295 g/mol. The van der Waals surface area contributed by atoms with Gasteiger partial charge in [0.25, 0.3) is 5.91 Å². The Labute approximate surface area is 124 Å². The second kappa shape index (κ2) is 8.97. The molecule has 0 saturated heterocycles. The van der Waals surface area contributed by atoms with Crippen molar-refractivity contribution in [1.29, 1.82) is 0 Å². The van der Waals surface area contributed by atoms with Crippen molar-refractivity contribution in [3.63, 3.8) is 0 Å². The molecular weight excluding hydrogens is 274 g/mol. The lowest BCUT2D eigenvalue weighted by molar-refractivity contribution is -0.137. The number of amides is 1. The minimum Gasteiger partial charge on any atom is -0.491 e. The van der Waals surface area contributed by atoms with Gasteiger partial charge in [-0.15, -0.1) is 0 Å². The molecule has 1 rings (SSSR count). The predicted octanol–water partition coefficient (Wildman–Crippen LogP) is 1.65. The van der Waals surface area contributed by atoms with Crippen molar-refractivity contribution in [3.05, 3.63) is 29.8 Å². The fourth-order valence-corrected chi connectivity index (χ4v) is 1.80. The lowest BCUT2D eigenvalue weighted by atomic mass is 10.2. The summed E-state index contributed by atoms with van der Waals surface area (Å²) < 4.78 is 10.3. The van der Waals surface area contributed by atoms with E-state index in [1.165, 1.54) is 4.90 Å². The number of benzene rings is 1. The Morgan fingerprint density at radius 1 is 1.19 bits per heavy atom. The summed E-state index contributed by atoms with van der Waals surface area (Å²) >= 11 is 0. The molecule has 0 saturated carbocycles. The Morgan fingerprint density at radius 3 is 2.38 bits per heavy atom. The highest BCUT2D eigenvalue weighted by Crippen LogP contribution is 2.14. The van der Waals surface area contributed by atoms with Crippen molar-refractivity contribution in [1.82, 2.24) is 4.90 Å². The van der Waals surface area contributed by atoms with Crippen LogP contribution < -0.4 is 4.74 Å². The number of methoxy groups -OCH3 is 1.